The first-order valence-corrected chi connectivity index (χ1v) is 8.06. The van der Waals surface area contributed by atoms with Crippen molar-refractivity contribution in [1.82, 2.24) is 9.80 Å². The van der Waals surface area contributed by atoms with Gasteiger partial charge in [-0.3, -0.25) is 4.79 Å². The van der Waals surface area contributed by atoms with Gasteiger partial charge >= 0.3 is 0 Å². The van der Waals surface area contributed by atoms with Gasteiger partial charge in [-0.1, -0.05) is 0 Å². The topological polar surface area (TPSA) is 68.5 Å². The van der Waals surface area contributed by atoms with Crippen molar-refractivity contribution < 1.29 is 9.90 Å². The van der Waals surface area contributed by atoms with Crippen molar-refractivity contribution >= 4 is 5.91 Å². The molecule has 6 heteroatoms. The summed E-state index contributed by atoms with van der Waals surface area (Å²) >= 11 is 0. The van der Waals surface area contributed by atoms with Crippen LogP contribution in [0.25, 0.3) is 0 Å². The summed E-state index contributed by atoms with van der Waals surface area (Å²) in [7, 11) is 2.03. The molecule has 2 aliphatic heterocycles. The number of aliphatic hydroxyl groups is 1. The molecule has 0 unspecified atom stereocenters. The highest BCUT2D eigenvalue weighted by molar-refractivity contribution is 5.76. The zero-order chi connectivity index (χ0) is 16.0. The number of piperidine rings is 1. The second-order valence-corrected chi connectivity index (χ2v) is 6.20. The van der Waals surface area contributed by atoms with Gasteiger partial charge in [0, 0.05) is 51.4 Å². The second kappa shape index (κ2) is 7.70. The average molecular weight is 306 g/mol. The SMILES string of the molecule is C#CCCC1(CCC(=O)N2CCC(N(C)CCO)CC2)N=N1. The first-order chi connectivity index (χ1) is 10.6. The molecule has 0 aromatic heterocycles. The molecule has 0 aromatic carbocycles. The Morgan fingerprint density at radius 2 is 2.09 bits per heavy atom. The van der Waals surface area contributed by atoms with Crippen LogP contribution < -0.4 is 0 Å². The maximum atomic E-state index is 12.3. The minimum absolute atomic E-state index is 0.183. The van der Waals surface area contributed by atoms with Crippen LogP contribution in [-0.4, -0.2) is 65.8 Å². The van der Waals surface area contributed by atoms with Gasteiger partial charge in [0.25, 0.3) is 0 Å². The third-order valence-corrected chi connectivity index (χ3v) is 4.69. The molecule has 0 atom stereocenters. The molecule has 1 fully saturated rings. The van der Waals surface area contributed by atoms with Crippen molar-refractivity contribution in [2.24, 2.45) is 10.2 Å². The van der Waals surface area contributed by atoms with E-state index in [0.717, 1.165) is 32.4 Å². The Morgan fingerprint density at radius 3 is 2.64 bits per heavy atom. The predicted octanol–water partition coefficient (Wildman–Crippen LogP) is 1.26. The molecule has 1 amide bonds. The van der Waals surface area contributed by atoms with Crippen molar-refractivity contribution in [3.05, 3.63) is 0 Å². The first kappa shape index (κ1) is 16.9. The fraction of sp³-hybridized carbons (Fsp3) is 0.812. The van der Waals surface area contributed by atoms with E-state index >= 15 is 0 Å². The number of likely N-dealkylation sites (tertiary alicyclic amines) is 1. The summed E-state index contributed by atoms with van der Waals surface area (Å²) in [4.78, 5) is 16.4. The molecule has 1 N–H and O–H groups in total. The van der Waals surface area contributed by atoms with Crippen LogP contribution in [0.4, 0.5) is 0 Å². The third kappa shape index (κ3) is 4.52. The smallest absolute Gasteiger partial charge is 0.222 e. The number of likely N-dealkylation sites (N-methyl/N-ethyl adjacent to an activating group) is 1. The number of terminal acetylenes is 1. The van der Waals surface area contributed by atoms with Gasteiger partial charge in [-0.15, -0.1) is 12.3 Å². The molecule has 6 nitrogen and oxygen atoms in total. The van der Waals surface area contributed by atoms with E-state index in [0.29, 0.717) is 31.8 Å². The normalized spacial score (nSPS) is 20.2. The molecule has 2 rings (SSSR count). The Morgan fingerprint density at radius 1 is 1.41 bits per heavy atom. The summed E-state index contributed by atoms with van der Waals surface area (Å²) in [6, 6.07) is 0.464. The van der Waals surface area contributed by atoms with Crippen LogP contribution in [0.1, 0.15) is 38.5 Å². The largest absolute Gasteiger partial charge is 0.395 e. The van der Waals surface area contributed by atoms with Gasteiger partial charge in [0.2, 0.25) is 5.91 Å². The van der Waals surface area contributed by atoms with E-state index in [1.54, 1.807) is 0 Å². The number of hydrogen-bond donors (Lipinski definition) is 1. The van der Waals surface area contributed by atoms with E-state index in [9.17, 15) is 4.79 Å². The zero-order valence-corrected chi connectivity index (χ0v) is 13.4. The minimum Gasteiger partial charge on any atom is -0.395 e. The fourth-order valence-corrected chi connectivity index (χ4v) is 3.03. The molecule has 0 saturated carbocycles. The van der Waals surface area contributed by atoms with E-state index in [2.05, 4.69) is 21.0 Å². The lowest BCUT2D eigenvalue weighted by Gasteiger charge is -2.36. The van der Waals surface area contributed by atoms with Crippen LogP contribution >= 0.6 is 0 Å². The van der Waals surface area contributed by atoms with Gasteiger partial charge in [-0.05, 0) is 19.9 Å². The van der Waals surface area contributed by atoms with Crippen molar-refractivity contribution in [3.8, 4) is 12.3 Å². The molecular weight excluding hydrogens is 280 g/mol. The van der Waals surface area contributed by atoms with E-state index in [1.807, 2.05) is 11.9 Å². The van der Waals surface area contributed by atoms with Crippen LogP contribution in [0.3, 0.4) is 0 Å². The Balaban J connectivity index is 1.68. The van der Waals surface area contributed by atoms with Gasteiger partial charge < -0.3 is 14.9 Å². The highest BCUT2D eigenvalue weighted by Crippen LogP contribution is 2.37. The van der Waals surface area contributed by atoms with E-state index in [-0.39, 0.29) is 18.2 Å². The standard InChI is InChI=1S/C16H26N4O2/c1-3-4-8-16(17-18-16)9-5-15(22)20-10-6-14(7-11-20)19(2)12-13-21/h1,14,21H,4-13H2,2H3. The fourth-order valence-electron chi connectivity index (χ4n) is 3.03. The summed E-state index contributed by atoms with van der Waals surface area (Å²) in [5, 5.41) is 17.1. The Kier molecular flexibility index (Phi) is 5.92. The molecule has 0 spiro atoms. The molecule has 1 saturated heterocycles. The summed E-state index contributed by atoms with van der Waals surface area (Å²) in [6.07, 6.45) is 9.79. The van der Waals surface area contributed by atoms with Crippen molar-refractivity contribution in [2.75, 3.05) is 33.3 Å². The number of carbonyl (C=O) groups is 1. The van der Waals surface area contributed by atoms with E-state index in [1.165, 1.54) is 0 Å². The van der Waals surface area contributed by atoms with Crippen LogP contribution in [-0.2, 0) is 4.79 Å². The number of hydrogen-bond acceptors (Lipinski definition) is 5. The summed E-state index contributed by atoms with van der Waals surface area (Å²) < 4.78 is 0. The van der Waals surface area contributed by atoms with Crippen LogP contribution in [0.5, 0.6) is 0 Å². The van der Waals surface area contributed by atoms with Gasteiger partial charge in [0.05, 0.1) is 6.61 Å². The monoisotopic (exact) mass is 306 g/mol. The number of nitrogens with zero attached hydrogens (tertiary/aromatic N) is 4. The predicted molar refractivity (Wildman–Crippen MR) is 84.2 cm³/mol. The number of amides is 1. The Bertz CT molecular complexity index is 444. The molecule has 0 aromatic rings. The lowest BCUT2D eigenvalue weighted by Crippen LogP contribution is -2.46. The summed E-state index contributed by atoms with van der Waals surface area (Å²) in [5.41, 5.74) is -0.359. The summed E-state index contributed by atoms with van der Waals surface area (Å²) in [5.74, 6) is 2.80. The molecular formula is C16H26N4O2. The van der Waals surface area contributed by atoms with Gasteiger partial charge in [0.1, 0.15) is 0 Å². The molecule has 122 valence electrons. The summed E-state index contributed by atoms with van der Waals surface area (Å²) in [6.45, 7) is 2.47. The quantitative estimate of drug-likeness (QED) is 0.686. The minimum atomic E-state index is -0.359. The maximum absolute atomic E-state index is 12.3. The molecule has 0 radical (unpaired) electrons. The second-order valence-electron chi connectivity index (χ2n) is 6.20. The molecule has 0 aliphatic carbocycles. The Hall–Kier alpha value is -1.45. The molecule has 2 aliphatic rings. The highest BCUT2D eigenvalue weighted by atomic mass is 16.3. The van der Waals surface area contributed by atoms with E-state index < -0.39 is 0 Å². The van der Waals surface area contributed by atoms with Crippen LogP contribution in [0, 0.1) is 12.3 Å². The van der Waals surface area contributed by atoms with Gasteiger partial charge in [-0.2, -0.15) is 10.2 Å². The number of aliphatic hydroxyl groups excluding tert-OH is 1. The van der Waals surface area contributed by atoms with Crippen LogP contribution in [0.2, 0.25) is 0 Å². The first-order valence-electron chi connectivity index (χ1n) is 8.06. The van der Waals surface area contributed by atoms with Gasteiger partial charge in [0.15, 0.2) is 5.66 Å². The molecule has 2 heterocycles. The lowest BCUT2D eigenvalue weighted by molar-refractivity contribution is -0.133. The van der Waals surface area contributed by atoms with Crippen molar-refractivity contribution in [1.29, 1.82) is 0 Å². The highest BCUT2D eigenvalue weighted by Gasteiger charge is 2.39. The Labute approximate surface area is 132 Å². The number of carbonyl (C=O) groups excluding carboxylic acids is 1. The average Bonchev–Trinajstić information content (AvgIpc) is 3.31. The maximum Gasteiger partial charge on any atom is 0.222 e. The molecule has 22 heavy (non-hydrogen) atoms. The zero-order valence-electron chi connectivity index (χ0n) is 13.4. The van der Waals surface area contributed by atoms with Gasteiger partial charge in [-0.25, -0.2) is 0 Å². The lowest BCUT2D eigenvalue weighted by atomic mass is 10.00. The third-order valence-electron chi connectivity index (χ3n) is 4.69. The van der Waals surface area contributed by atoms with Crippen molar-refractivity contribution in [2.45, 2.75) is 50.2 Å². The molecule has 0 bridgehead atoms. The van der Waals surface area contributed by atoms with Crippen LogP contribution in [0.15, 0.2) is 10.2 Å². The van der Waals surface area contributed by atoms with Crippen molar-refractivity contribution in [3.63, 3.8) is 0 Å². The number of rotatable bonds is 8. The van der Waals surface area contributed by atoms with E-state index in [4.69, 9.17) is 11.5 Å².